The van der Waals surface area contributed by atoms with E-state index in [0.29, 0.717) is 18.1 Å². The second-order valence-electron chi connectivity index (χ2n) is 4.87. The van der Waals surface area contributed by atoms with Gasteiger partial charge in [0.1, 0.15) is 11.5 Å². The summed E-state index contributed by atoms with van der Waals surface area (Å²) in [6.45, 7) is 2.09. The summed E-state index contributed by atoms with van der Waals surface area (Å²) in [5, 5.41) is 13.9. The summed E-state index contributed by atoms with van der Waals surface area (Å²) in [6.07, 6.45) is 0. The molecular formula is C14H13N5O3. The van der Waals surface area contributed by atoms with E-state index in [1.165, 1.54) is 6.07 Å². The molecule has 0 saturated heterocycles. The number of rotatable bonds is 4. The third kappa shape index (κ3) is 2.66. The quantitative estimate of drug-likeness (QED) is 0.503. The molecule has 0 aliphatic heterocycles. The first-order chi connectivity index (χ1) is 10.5. The van der Waals surface area contributed by atoms with E-state index < -0.39 is 4.92 Å². The number of aromatic amines is 2. The van der Waals surface area contributed by atoms with Gasteiger partial charge in [0.2, 0.25) is 0 Å². The van der Waals surface area contributed by atoms with E-state index in [1.54, 1.807) is 13.0 Å². The van der Waals surface area contributed by atoms with E-state index in [-0.39, 0.29) is 11.4 Å². The van der Waals surface area contributed by atoms with Crippen LogP contribution in [0, 0.1) is 17.0 Å². The Labute approximate surface area is 124 Å². The molecule has 0 atom stereocenters. The van der Waals surface area contributed by atoms with Crippen LogP contribution in [0.3, 0.4) is 0 Å². The highest BCUT2D eigenvalue weighted by Gasteiger charge is 2.11. The van der Waals surface area contributed by atoms with E-state index in [1.807, 2.05) is 18.2 Å². The zero-order valence-corrected chi connectivity index (χ0v) is 11.7. The summed E-state index contributed by atoms with van der Waals surface area (Å²) in [5.41, 5.74) is 2.56. The van der Waals surface area contributed by atoms with Gasteiger partial charge in [-0.05, 0) is 30.7 Å². The van der Waals surface area contributed by atoms with Crippen molar-refractivity contribution in [1.82, 2.24) is 15.0 Å². The first kappa shape index (κ1) is 13.8. The number of nitrogens with one attached hydrogen (secondary N) is 3. The number of aryl methyl sites for hydroxylation is 1. The van der Waals surface area contributed by atoms with Crippen molar-refractivity contribution < 1.29 is 4.92 Å². The normalized spacial score (nSPS) is 10.8. The van der Waals surface area contributed by atoms with Crippen LogP contribution in [-0.4, -0.2) is 19.9 Å². The number of nitro groups is 1. The van der Waals surface area contributed by atoms with E-state index >= 15 is 0 Å². The number of pyridine rings is 1. The fourth-order valence-corrected chi connectivity index (χ4v) is 2.23. The van der Waals surface area contributed by atoms with Crippen LogP contribution in [0.25, 0.3) is 11.0 Å². The second kappa shape index (κ2) is 5.32. The molecule has 8 heteroatoms. The minimum Gasteiger partial charge on any atom is -0.366 e. The van der Waals surface area contributed by atoms with Crippen LogP contribution in [0.4, 0.5) is 11.5 Å². The summed E-state index contributed by atoms with van der Waals surface area (Å²) in [6, 6.07) is 8.56. The Morgan fingerprint density at radius 2 is 2.00 bits per heavy atom. The predicted molar refractivity (Wildman–Crippen MR) is 81.9 cm³/mol. The molecule has 0 spiro atoms. The van der Waals surface area contributed by atoms with Gasteiger partial charge in [0.05, 0.1) is 16.0 Å². The highest BCUT2D eigenvalue weighted by molar-refractivity contribution is 5.75. The Balaban J connectivity index is 1.77. The SMILES string of the molecule is Cc1nc(NCc2ccc3[nH]c(=O)[nH]c3c2)ccc1[N+](=O)[O-]. The summed E-state index contributed by atoms with van der Waals surface area (Å²) in [5.74, 6) is 0.561. The van der Waals surface area contributed by atoms with Crippen LogP contribution in [-0.2, 0) is 6.54 Å². The Bertz CT molecular complexity index is 912. The lowest BCUT2D eigenvalue weighted by Gasteiger charge is -2.06. The number of fused-ring (bicyclic) bond motifs is 1. The van der Waals surface area contributed by atoms with Gasteiger partial charge in [-0.3, -0.25) is 10.1 Å². The van der Waals surface area contributed by atoms with E-state index in [2.05, 4.69) is 20.3 Å². The lowest BCUT2D eigenvalue weighted by Crippen LogP contribution is -2.03. The lowest BCUT2D eigenvalue weighted by molar-refractivity contribution is -0.385. The number of H-pyrrole nitrogens is 2. The third-order valence-corrected chi connectivity index (χ3v) is 3.31. The summed E-state index contributed by atoms with van der Waals surface area (Å²) in [4.78, 5) is 31.0. The van der Waals surface area contributed by atoms with Crippen molar-refractivity contribution in [3.63, 3.8) is 0 Å². The number of benzene rings is 1. The molecule has 0 amide bonds. The molecule has 0 fully saturated rings. The Kier molecular flexibility index (Phi) is 3.34. The Hall–Kier alpha value is -3.16. The van der Waals surface area contributed by atoms with Gasteiger partial charge in [0.25, 0.3) is 5.69 Å². The van der Waals surface area contributed by atoms with Gasteiger partial charge in [-0.2, -0.15) is 0 Å². The second-order valence-corrected chi connectivity index (χ2v) is 4.87. The molecule has 0 aliphatic carbocycles. The number of aromatic nitrogens is 3. The summed E-state index contributed by atoms with van der Waals surface area (Å²) < 4.78 is 0. The van der Waals surface area contributed by atoms with Gasteiger partial charge in [0.15, 0.2) is 0 Å². The highest BCUT2D eigenvalue weighted by atomic mass is 16.6. The molecule has 1 aromatic carbocycles. The van der Waals surface area contributed by atoms with Crippen LogP contribution in [0.1, 0.15) is 11.3 Å². The zero-order chi connectivity index (χ0) is 15.7. The molecule has 3 aromatic rings. The molecule has 0 radical (unpaired) electrons. The smallest absolute Gasteiger partial charge is 0.323 e. The third-order valence-electron chi connectivity index (χ3n) is 3.31. The fraction of sp³-hybridized carbons (Fsp3) is 0.143. The molecule has 0 aliphatic rings. The van der Waals surface area contributed by atoms with Crippen LogP contribution >= 0.6 is 0 Å². The first-order valence-electron chi connectivity index (χ1n) is 6.60. The van der Waals surface area contributed by atoms with Gasteiger partial charge >= 0.3 is 5.69 Å². The number of anilines is 1. The van der Waals surface area contributed by atoms with Crippen molar-refractivity contribution in [2.75, 3.05) is 5.32 Å². The van der Waals surface area contributed by atoms with Gasteiger partial charge in [-0.15, -0.1) is 0 Å². The summed E-state index contributed by atoms with van der Waals surface area (Å²) in [7, 11) is 0. The molecule has 3 rings (SSSR count). The fourth-order valence-electron chi connectivity index (χ4n) is 2.23. The minimum absolute atomic E-state index is 0.00290. The molecule has 3 N–H and O–H groups in total. The van der Waals surface area contributed by atoms with Crippen molar-refractivity contribution >= 4 is 22.5 Å². The van der Waals surface area contributed by atoms with E-state index in [9.17, 15) is 14.9 Å². The van der Waals surface area contributed by atoms with Gasteiger partial charge < -0.3 is 15.3 Å². The minimum atomic E-state index is -0.456. The van der Waals surface area contributed by atoms with Crippen molar-refractivity contribution in [2.24, 2.45) is 0 Å². The number of hydrogen-bond donors (Lipinski definition) is 3. The molecule has 22 heavy (non-hydrogen) atoms. The maximum atomic E-state index is 11.2. The zero-order valence-electron chi connectivity index (χ0n) is 11.7. The summed E-state index contributed by atoms with van der Waals surface area (Å²) >= 11 is 0. The molecule has 0 unspecified atom stereocenters. The molecule has 0 bridgehead atoms. The average Bonchev–Trinajstić information content (AvgIpc) is 2.84. The van der Waals surface area contributed by atoms with Crippen molar-refractivity contribution in [2.45, 2.75) is 13.5 Å². The molecule has 0 saturated carbocycles. The largest absolute Gasteiger partial charge is 0.366 e. The van der Waals surface area contributed by atoms with Crippen molar-refractivity contribution in [3.8, 4) is 0 Å². The predicted octanol–water partition coefficient (Wildman–Crippen LogP) is 2.08. The van der Waals surface area contributed by atoms with E-state index in [4.69, 9.17) is 0 Å². The van der Waals surface area contributed by atoms with Crippen molar-refractivity contribution in [3.05, 3.63) is 62.2 Å². The maximum absolute atomic E-state index is 11.2. The van der Waals surface area contributed by atoms with Crippen LogP contribution in [0.2, 0.25) is 0 Å². The molecule has 2 heterocycles. The van der Waals surface area contributed by atoms with Gasteiger partial charge in [-0.25, -0.2) is 9.78 Å². The van der Waals surface area contributed by atoms with E-state index in [0.717, 1.165) is 16.6 Å². The van der Waals surface area contributed by atoms with Crippen LogP contribution < -0.4 is 11.0 Å². The molecular weight excluding hydrogens is 286 g/mol. The number of nitrogens with zero attached hydrogens (tertiary/aromatic N) is 2. The lowest BCUT2D eigenvalue weighted by atomic mass is 10.2. The molecule has 2 aromatic heterocycles. The average molecular weight is 299 g/mol. The Morgan fingerprint density at radius 1 is 1.23 bits per heavy atom. The van der Waals surface area contributed by atoms with Crippen LogP contribution in [0.5, 0.6) is 0 Å². The van der Waals surface area contributed by atoms with Gasteiger partial charge in [-0.1, -0.05) is 6.07 Å². The van der Waals surface area contributed by atoms with Gasteiger partial charge in [0, 0.05) is 12.6 Å². The molecule has 8 nitrogen and oxygen atoms in total. The number of imidazole rings is 1. The highest BCUT2D eigenvalue weighted by Crippen LogP contribution is 2.18. The van der Waals surface area contributed by atoms with Crippen LogP contribution in [0.15, 0.2) is 35.1 Å². The molecule has 112 valence electrons. The maximum Gasteiger partial charge on any atom is 0.323 e. The standard InChI is InChI=1S/C14H13N5O3/c1-8-12(19(21)22)4-5-13(16-8)15-7-9-2-3-10-11(6-9)18-14(20)17-10/h2-6H,7H2,1H3,(H,15,16)(H2,17,18,20). The number of hydrogen-bond acceptors (Lipinski definition) is 5. The Morgan fingerprint density at radius 3 is 2.73 bits per heavy atom. The topological polar surface area (TPSA) is 117 Å². The first-order valence-corrected chi connectivity index (χ1v) is 6.60. The monoisotopic (exact) mass is 299 g/mol. The van der Waals surface area contributed by atoms with Crippen molar-refractivity contribution in [1.29, 1.82) is 0 Å².